The van der Waals surface area contributed by atoms with E-state index < -0.39 is 16.0 Å². The van der Waals surface area contributed by atoms with Crippen LogP contribution in [0.25, 0.3) is 0 Å². The van der Waals surface area contributed by atoms with Crippen molar-refractivity contribution in [2.45, 2.75) is 18.4 Å². The normalized spacial score (nSPS) is 11.8. The van der Waals surface area contributed by atoms with Gasteiger partial charge in [0.1, 0.15) is 4.58 Å². The van der Waals surface area contributed by atoms with Gasteiger partial charge in [-0.25, -0.2) is 4.79 Å². The average molecular weight is 210 g/mol. The summed E-state index contributed by atoms with van der Waals surface area (Å²) >= 11 is 7.56. The highest BCUT2D eigenvalue weighted by molar-refractivity contribution is 8.00. The zero-order valence-electron chi connectivity index (χ0n) is 7.15. The molecule has 0 bridgehead atoms. The zero-order valence-corrected chi connectivity index (χ0v) is 8.94. The Balaban J connectivity index is 3.76. The summed E-state index contributed by atoms with van der Waals surface area (Å²) in [6.45, 7) is 3.75. The third kappa shape index (κ3) is 4.90. The molecule has 3 nitrogen and oxygen atoms in total. The highest BCUT2D eigenvalue weighted by Gasteiger charge is 2.20. The molecule has 0 saturated heterocycles. The summed E-state index contributed by atoms with van der Waals surface area (Å²) in [4.78, 5) is 10.8. The SMILES string of the molecule is CC(C)(CO)COC(=O)C(S)S. The van der Waals surface area contributed by atoms with Crippen LogP contribution in [0.1, 0.15) is 13.8 Å². The second-order valence-corrected chi connectivity index (χ2v) is 4.74. The molecule has 0 heterocycles. The van der Waals surface area contributed by atoms with Crippen LogP contribution in [0.2, 0.25) is 0 Å². The van der Waals surface area contributed by atoms with Crippen molar-refractivity contribution in [2.75, 3.05) is 13.2 Å². The lowest BCUT2D eigenvalue weighted by molar-refractivity contribution is -0.144. The van der Waals surface area contributed by atoms with Crippen molar-refractivity contribution in [1.29, 1.82) is 0 Å². The number of aliphatic hydroxyl groups excluding tert-OH is 1. The Morgan fingerprint density at radius 1 is 1.58 bits per heavy atom. The van der Waals surface area contributed by atoms with Gasteiger partial charge in [-0.3, -0.25) is 0 Å². The zero-order chi connectivity index (χ0) is 9.78. The predicted molar refractivity (Wildman–Crippen MR) is 53.6 cm³/mol. The fraction of sp³-hybridized carbons (Fsp3) is 0.857. The van der Waals surface area contributed by atoms with E-state index in [1.54, 1.807) is 13.8 Å². The Morgan fingerprint density at radius 3 is 2.42 bits per heavy atom. The molecule has 0 saturated carbocycles. The number of hydrogen-bond acceptors (Lipinski definition) is 5. The number of esters is 1. The maximum absolute atomic E-state index is 10.8. The maximum Gasteiger partial charge on any atom is 0.328 e. The number of hydrogen-bond donors (Lipinski definition) is 3. The topological polar surface area (TPSA) is 46.5 Å². The van der Waals surface area contributed by atoms with E-state index >= 15 is 0 Å². The molecule has 0 fully saturated rings. The van der Waals surface area contributed by atoms with E-state index in [0.717, 1.165) is 0 Å². The lowest BCUT2D eigenvalue weighted by Gasteiger charge is -2.21. The number of carbonyl (C=O) groups excluding carboxylic acids is 1. The number of aliphatic hydroxyl groups is 1. The van der Waals surface area contributed by atoms with Crippen molar-refractivity contribution in [3.05, 3.63) is 0 Å². The van der Waals surface area contributed by atoms with E-state index in [4.69, 9.17) is 9.84 Å². The van der Waals surface area contributed by atoms with E-state index in [0.29, 0.717) is 0 Å². The molecule has 12 heavy (non-hydrogen) atoms. The standard InChI is InChI=1S/C7H14O3S2/c1-7(2,3-8)4-10-5(9)6(11)12/h6,8,11-12H,3-4H2,1-2H3. The molecule has 0 unspecified atom stereocenters. The van der Waals surface area contributed by atoms with Crippen molar-refractivity contribution in [2.24, 2.45) is 5.41 Å². The van der Waals surface area contributed by atoms with Crippen LogP contribution in [0.4, 0.5) is 0 Å². The fourth-order valence-corrected chi connectivity index (χ4v) is 0.536. The predicted octanol–water partition coefficient (Wildman–Crippen LogP) is 0.734. The smallest absolute Gasteiger partial charge is 0.328 e. The van der Waals surface area contributed by atoms with Crippen molar-refractivity contribution in [3.63, 3.8) is 0 Å². The minimum Gasteiger partial charge on any atom is -0.464 e. The molecule has 0 atom stereocenters. The van der Waals surface area contributed by atoms with E-state index in [2.05, 4.69) is 25.3 Å². The Hall–Kier alpha value is 0.130. The van der Waals surface area contributed by atoms with E-state index in [-0.39, 0.29) is 13.2 Å². The Kier molecular flexibility index (Phi) is 5.04. The van der Waals surface area contributed by atoms with Crippen LogP contribution in [0.5, 0.6) is 0 Å². The van der Waals surface area contributed by atoms with E-state index in [1.807, 2.05) is 0 Å². The minimum absolute atomic E-state index is 0.0237. The Bertz CT molecular complexity index is 157. The van der Waals surface area contributed by atoms with Crippen LogP contribution >= 0.6 is 25.3 Å². The van der Waals surface area contributed by atoms with Crippen molar-refractivity contribution < 1.29 is 14.6 Å². The third-order valence-corrected chi connectivity index (χ3v) is 1.67. The van der Waals surface area contributed by atoms with Gasteiger partial charge in [-0.1, -0.05) is 13.8 Å². The second-order valence-electron chi connectivity index (χ2n) is 3.30. The highest BCUT2D eigenvalue weighted by Crippen LogP contribution is 2.15. The molecule has 0 aromatic rings. The molecular formula is C7H14O3S2. The third-order valence-electron chi connectivity index (χ3n) is 1.24. The summed E-state index contributed by atoms with van der Waals surface area (Å²) < 4.78 is 4.10. The summed E-state index contributed by atoms with van der Waals surface area (Å²) in [7, 11) is 0. The van der Waals surface area contributed by atoms with Crippen LogP contribution in [0.3, 0.4) is 0 Å². The summed E-state index contributed by atoms with van der Waals surface area (Å²) in [5.41, 5.74) is -0.397. The van der Waals surface area contributed by atoms with Crippen LogP contribution in [-0.2, 0) is 9.53 Å². The number of thiol groups is 2. The van der Waals surface area contributed by atoms with Crippen LogP contribution < -0.4 is 0 Å². The monoisotopic (exact) mass is 210 g/mol. The van der Waals surface area contributed by atoms with E-state index in [9.17, 15) is 4.79 Å². The molecule has 0 aromatic heterocycles. The van der Waals surface area contributed by atoms with Gasteiger partial charge in [-0.05, 0) is 0 Å². The first-order valence-corrected chi connectivity index (χ1v) is 4.56. The maximum atomic E-state index is 10.8. The molecule has 0 spiro atoms. The van der Waals surface area contributed by atoms with Gasteiger partial charge in [-0.2, -0.15) is 25.3 Å². The van der Waals surface area contributed by atoms with Gasteiger partial charge in [0, 0.05) is 5.41 Å². The molecular weight excluding hydrogens is 196 g/mol. The lowest BCUT2D eigenvalue weighted by Crippen LogP contribution is -2.27. The molecule has 1 N–H and O–H groups in total. The first-order chi connectivity index (χ1) is 5.39. The first kappa shape index (κ1) is 12.1. The number of carbonyl (C=O) groups is 1. The van der Waals surface area contributed by atoms with Gasteiger partial charge in [-0.15, -0.1) is 0 Å². The second kappa shape index (κ2) is 4.99. The van der Waals surface area contributed by atoms with Crippen LogP contribution in [0, 0.1) is 5.41 Å². The Morgan fingerprint density at radius 2 is 2.08 bits per heavy atom. The van der Waals surface area contributed by atoms with Crippen molar-refractivity contribution in [3.8, 4) is 0 Å². The van der Waals surface area contributed by atoms with Gasteiger partial charge in [0.05, 0.1) is 13.2 Å². The molecule has 0 aliphatic rings. The largest absolute Gasteiger partial charge is 0.464 e. The minimum atomic E-state index is -0.709. The molecule has 0 amide bonds. The summed E-state index contributed by atoms with van der Waals surface area (Å²) in [5.74, 6) is -0.483. The highest BCUT2D eigenvalue weighted by atomic mass is 32.2. The summed E-state index contributed by atoms with van der Waals surface area (Å²) in [5, 5.41) is 8.82. The van der Waals surface area contributed by atoms with Gasteiger partial charge in [0.15, 0.2) is 0 Å². The van der Waals surface area contributed by atoms with Crippen LogP contribution in [-0.4, -0.2) is 28.9 Å². The van der Waals surface area contributed by atoms with Gasteiger partial charge >= 0.3 is 5.97 Å². The Labute approximate surface area is 83.3 Å². The molecule has 5 heteroatoms. The first-order valence-electron chi connectivity index (χ1n) is 3.53. The van der Waals surface area contributed by atoms with Gasteiger partial charge in [0.25, 0.3) is 0 Å². The molecule has 0 rings (SSSR count). The molecule has 0 radical (unpaired) electrons. The van der Waals surface area contributed by atoms with Crippen LogP contribution in [0.15, 0.2) is 0 Å². The fourth-order valence-electron chi connectivity index (χ4n) is 0.387. The summed E-state index contributed by atoms with van der Waals surface area (Å²) in [6, 6.07) is 0. The molecule has 0 aromatic carbocycles. The van der Waals surface area contributed by atoms with Crippen molar-refractivity contribution >= 4 is 31.2 Å². The lowest BCUT2D eigenvalue weighted by atomic mass is 9.97. The van der Waals surface area contributed by atoms with Gasteiger partial charge in [0.2, 0.25) is 0 Å². The molecule has 72 valence electrons. The van der Waals surface area contributed by atoms with Crippen molar-refractivity contribution in [1.82, 2.24) is 0 Å². The van der Waals surface area contributed by atoms with E-state index in [1.165, 1.54) is 0 Å². The average Bonchev–Trinajstić information content (AvgIpc) is 2.00. The molecule has 0 aliphatic heterocycles. The summed E-state index contributed by atoms with van der Waals surface area (Å²) in [6.07, 6.45) is 0. The number of ether oxygens (including phenoxy) is 1. The number of rotatable bonds is 4. The molecule has 0 aliphatic carbocycles. The quantitative estimate of drug-likeness (QED) is 0.364. The van der Waals surface area contributed by atoms with Gasteiger partial charge < -0.3 is 9.84 Å².